The van der Waals surface area contributed by atoms with Crippen LogP contribution < -0.4 is 14.8 Å². The van der Waals surface area contributed by atoms with E-state index in [9.17, 15) is 28.3 Å². The molecule has 3 aromatic carbocycles. The monoisotopic (exact) mass is 539 g/mol. The molecule has 2 N–H and O–H groups in total. The molecule has 0 aromatic heterocycles. The Kier molecular flexibility index (Phi) is 11.0. The molecule has 1 unspecified atom stereocenters. The van der Waals surface area contributed by atoms with Crippen molar-refractivity contribution in [1.29, 1.82) is 0 Å². The lowest BCUT2D eigenvalue weighted by molar-refractivity contribution is -0.139. The van der Waals surface area contributed by atoms with Crippen LogP contribution in [0, 0.1) is 11.6 Å². The van der Waals surface area contributed by atoms with Gasteiger partial charge in [0.2, 0.25) is 0 Å². The Morgan fingerprint density at radius 2 is 1.46 bits per heavy atom. The van der Waals surface area contributed by atoms with Crippen molar-refractivity contribution in [1.82, 2.24) is 5.32 Å². The molecule has 0 aliphatic carbocycles. The number of benzene rings is 3. The van der Waals surface area contributed by atoms with Crippen LogP contribution in [0.4, 0.5) is 8.78 Å². The Morgan fingerprint density at radius 3 is 2.08 bits per heavy atom. The number of rotatable bonds is 14. The molecule has 0 aliphatic rings. The predicted octanol–water partition coefficient (Wildman–Crippen LogP) is 5.96. The van der Waals surface area contributed by atoms with Crippen LogP contribution in [0.5, 0.6) is 11.5 Å². The number of nitrogens with one attached hydrogen (secondary N) is 1. The second kappa shape index (κ2) is 14.6. The van der Waals surface area contributed by atoms with Crippen LogP contribution in [0.2, 0.25) is 0 Å². The van der Waals surface area contributed by atoms with Gasteiger partial charge in [-0.15, -0.1) is 0 Å². The zero-order valence-corrected chi connectivity index (χ0v) is 21.6. The minimum atomic E-state index is -1.44. The first kappa shape index (κ1) is 29.3. The third-order valence-electron chi connectivity index (χ3n) is 5.97. The molecule has 1 atom stereocenters. The maximum Gasteiger partial charge on any atom is 0.343 e. The van der Waals surface area contributed by atoms with Crippen LogP contribution in [-0.2, 0) is 11.2 Å². The third-order valence-corrected chi connectivity index (χ3v) is 5.97. The van der Waals surface area contributed by atoms with Crippen LogP contribution in [0.3, 0.4) is 0 Å². The van der Waals surface area contributed by atoms with E-state index >= 15 is 0 Å². The van der Waals surface area contributed by atoms with Gasteiger partial charge in [-0.05, 0) is 60.5 Å². The van der Waals surface area contributed by atoms with Gasteiger partial charge in [0, 0.05) is 6.42 Å². The highest BCUT2D eigenvalue weighted by Gasteiger charge is 2.25. The highest BCUT2D eigenvalue weighted by molar-refractivity contribution is 5.97. The number of carboxylic acid groups (broad SMARTS) is 1. The summed E-state index contributed by atoms with van der Waals surface area (Å²) in [5.41, 5.74) is -0.0240. The Balaban J connectivity index is 1.53. The van der Waals surface area contributed by atoms with Crippen molar-refractivity contribution in [3.8, 4) is 11.5 Å². The molecule has 3 rings (SSSR count). The van der Waals surface area contributed by atoms with E-state index in [-0.39, 0.29) is 12.2 Å². The SMILES string of the molecule is CCCCCCCOc1ccc(C(=O)Oc2ccc(CC(NC(=O)c3c(F)cccc3F)C(=O)O)cc2)cc1. The predicted molar refractivity (Wildman–Crippen MR) is 141 cm³/mol. The lowest BCUT2D eigenvalue weighted by atomic mass is 10.0. The summed E-state index contributed by atoms with van der Waals surface area (Å²) in [6.45, 7) is 2.79. The largest absolute Gasteiger partial charge is 0.494 e. The molecule has 0 aliphatic heterocycles. The fraction of sp³-hybridized carbons (Fsp3) is 0.300. The first-order valence-electron chi connectivity index (χ1n) is 12.8. The van der Waals surface area contributed by atoms with Gasteiger partial charge in [-0.25, -0.2) is 18.4 Å². The number of esters is 1. The molecule has 0 fully saturated rings. The van der Waals surface area contributed by atoms with Crippen LogP contribution in [0.25, 0.3) is 0 Å². The van der Waals surface area contributed by atoms with Crippen LogP contribution in [0.1, 0.15) is 65.3 Å². The first-order chi connectivity index (χ1) is 18.8. The summed E-state index contributed by atoms with van der Waals surface area (Å²) in [6.07, 6.45) is 5.54. The summed E-state index contributed by atoms with van der Waals surface area (Å²) in [6, 6.07) is 14.2. The van der Waals surface area contributed by atoms with Crippen molar-refractivity contribution in [3.63, 3.8) is 0 Å². The number of ether oxygens (including phenoxy) is 2. The van der Waals surface area contributed by atoms with Gasteiger partial charge < -0.3 is 19.9 Å². The first-order valence-corrected chi connectivity index (χ1v) is 12.8. The molecule has 0 heterocycles. The average Bonchev–Trinajstić information content (AvgIpc) is 2.91. The third kappa shape index (κ3) is 8.91. The van der Waals surface area contributed by atoms with Crippen molar-refractivity contribution in [3.05, 3.63) is 95.1 Å². The van der Waals surface area contributed by atoms with Gasteiger partial charge in [0.25, 0.3) is 5.91 Å². The fourth-order valence-electron chi connectivity index (χ4n) is 3.82. The zero-order chi connectivity index (χ0) is 28.2. The van der Waals surface area contributed by atoms with Crippen LogP contribution in [0.15, 0.2) is 66.7 Å². The van der Waals surface area contributed by atoms with E-state index in [4.69, 9.17) is 9.47 Å². The zero-order valence-electron chi connectivity index (χ0n) is 21.6. The molecule has 0 spiro atoms. The number of carbonyl (C=O) groups excluding carboxylic acids is 2. The number of carbonyl (C=O) groups is 3. The highest BCUT2D eigenvalue weighted by Crippen LogP contribution is 2.19. The smallest absolute Gasteiger partial charge is 0.343 e. The van der Waals surface area contributed by atoms with Gasteiger partial charge in [-0.2, -0.15) is 0 Å². The van der Waals surface area contributed by atoms with E-state index in [1.165, 1.54) is 43.5 Å². The average molecular weight is 540 g/mol. The molecule has 39 heavy (non-hydrogen) atoms. The molecule has 206 valence electrons. The van der Waals surface area contributed by atoms with Gasteiger partial charge in [0.15, 0.2) is 0 Å². The van der Waals surface area contributed by atoms with Crippen LogP contribution in [-0.4, -0.2) is 35.6 Å². The number of hydrogen-bond donors (Lipinski definition) is 2. The summed E-state index contributed by atoms with van der Waals surface area (Å²) >= 11 is 0. The molecule has 7 nitrogen and oxygen atoms in total. The Hall–Kier alpha value is -4.27. The quantitative estimate of drug-likeness (QED) is 0.149. The van der Waals surface area contributed by atoms with Gasteiger partial charge in [0.05, 0.1) is 12.2 Å². The molecular formula is C30H31F2NO6. The number of hydrogen-bond acceptors (Lipinski definition) is 5. The Bertz CT molecular complexity index is 1240. The molecule has 1 amide bonds. The standard InChI is InChI=1S/C30H31F2NO6/c1-2-3-4-5-6-18-38-22-16-12-21(13-17-22)30(37)39-23-14-10-20(11-15-23)19-26(29(35)36)33-28(34)27-24(31)8-7-9-25(27)32/h7-17,26H,2-6,18-19H2,1H3,(H,33,34)(H,35,36). The van der Waals surface area contributed by atoms with Crippen molar-refractivity contribution < 1.29 is 37.7 Å². The van der Waals surface area contributed by atoms with Crippen molar-refractivity contribution >= 4 is 17.8 Å². The molecule has 0 saturated carbocycles. The fourth-order valence-corrected chi connectivity index (χ4v) is 3.82. The number of halogens is 2. The van der Waals surface area contributed by atoms with Crippen LogP contribution >= 0.6 is 0 Å². The van der Waals surface area contributed by atoms with Gasteiger partial charge in [-0.1, -0.05) is 50.8 Å². The van der Waals surface area contributed by atoms with E-state index in [2.05, 4.69) is 12.2 Å². The molecule has 0 radical (unpaired) electrons. The summed E-state index contributed by atoms with van der Waals surface area (Å²) in [7, 11) is 0. The molecule has 0 bridgehead atoms. The lowest BCUT2D eigenvalue weighted by Gasteiger charge is -2.15. The molecule has 9 heteroatoms. The summed E-state index contributed by atoms with van der Waals surface area (Å²) < 4.78 is 38.8. The summed E-state index contributed by atoms with van der Waals surface area (Å²) in [4.78, 5) is 36.5. The van der Waals surface area contributed by atoms with Gasteiger partial charge >= 0.3 is 11.9 Å². The Labute approximate surface area is 225 Å². The Morgan fingerprint density at radius 1 is 0.846 bits per heavy atom. The van der Waals surface area contributed by atoms with E-state index in [0.717, 1.165) is 31.0 Å². The summed E-state index contributed by atoms with van der Waals surface area (Å²) in [5, 5.41) is 11.6. The van der Waals surface area contributed by atoms with E-state index in [0.29, 0.717) is 23.5 Å². The van der Waals surface area contributed by atoms with Crippen molar-refractivity contribution in [2.75, 3.05) is 6.61 Å². The van der Waals surface area contributed by atoms with Gasteiger partial charge in [-0.3, -0.25) is 4.79 Å². The van der Waals surface area contributed by atoms with Crippen molar-refractivity contribution in [2.24, 2.45) is 0 Å². The maximum absolute atomic E-state index is 13.9. The second-order valence-electron chi connectivity index (χ2n) is 8.99. The topological polar surface area (TPSA) is 102 Å². The number of amides is 1. The van der Waals surface area contributed by atoms with E-state index in [1.54, 1.807) is 24.3 Å². The number of carboxylic acids is 1. The minimum Gasteiger partial charge on any atom is -0.494 e. The minimum absolute atomic E-state index is 0.161. The van der Waals surface area contributed by atoms with E-state index in [1.807, 2.05) is 0 Å². The lowest BCUT2D eigenvalue weighted by Crippen LogP contribution is -2.42. The molecule has 0 saturated heterocycles. The molecular weight excluding hydrogens is 508 g/mol. The van der Waals surface area contributed by atoms with E-state index < -0.39 is 41.1 Å². The number of aliphatic carboxylic acids is 1. The van der Waals surface area contributed by atoms with Gasteiger partial charge in [0.1, 0.15) is 34.7 Å². The molecule has 3 aromatic rings. The maximum atomic E-state index is 13.9. The highest BCUT2D eigenvalue weighted by atomic mass is 19.1. The van der Waals surface area contributed by atoms with Crippen molar-refractivity contribution in [2.45, 2.75) is 51.5 Å². The normalized spacial score (nSPS) is 11.5. The summed E-state index contributed by atoms with van der Waals surface area (Å²) in [5.74, 6) is -4.40. The second-order valence-corrected chi connectivity index (χ2v) is 8.99. The number of unbranched alkanes of at least 4 members (excludes halogenated alkanes) is 4.